The second-order valence-electron chi connectivity index (χ2n) is 2.61. The molecule has 0 aromatic carbocycles. The minimum absolute atomic E-state index is 0.182. The van der Waals surface area contributed by atoms with Crippen molar-refractivity contribution in [2.75, 3.05) is 26.1 Å². The number of rotatable bonds is 3. The van der Waals surface area contributed by atoms with Gasteiger partial charge in [0.05, 0.1) is 0 Å². The maximum atomic E-state index is 10.8. The highest BCUT2D eigenvalue weighted by Gasteiger charge is 2.04. The maximum absolute atomic E-state index is 10.8. The van der Waals surface area contributed by atoms with Gasteiger partial charge in [-0.1, -0.05) is 0 Å². The topological polar surface area (TPSA) is 53.5 Å². The lowest BCUT2D eigenvalue weighted by Gasteiger charge is -2.14. The normalized spacial score (nSPS) is 16.8. The zero-order valence-corrected chi connectivity index (χ0v) is 8.86. The summed E-state index contributed by atoms with van der Waals surface area (Å²) in [5.74, 6) is 1.37. The van der Waals surface area contributed by atoms with Crippen molar-refractivity contribution in [1.29, 1.82) is 0 Å². The summed E-state index contributed by atoms with van der Waals surface area (Å²) in [6.07, 6.45) is 1.69. The molecular weight excluding hydrogens is 174 g/mol. The Kier molecular flexibility index (Phi) is 5.70. The predicted molar refractivity (Wildman–Crippen MR) is 53.9 cm³/mol. The Balaban J connectivity index is 3.82. The molecule has 0 aromatic rings. The van der Waals surface area contributed by atoms with E-state index in [1.54, 1.807) is 20.4 Å². The van der Waals surface area contributed by atoms with E-state index in [-0.39, 0.29) is 6.04 Å². The van der Waals surface area contributed by atoms with Crippen molar-refractivity contribution < 1.29 is 4.21 Å². The van der Waals surface area contributed by atoms with Crippen LogP contribution < -0.4 is 10.6 Å². The molecule has 12 heavy (non-hydrogen) atoms. The van der Waals surface area contributed by atoms with Gasteiger partial charge >= 0.3 is 0 Å². The molecule has 0 bridgehead atoms. The van der Waals surface area contributed by atoms with Gasteiger partial charge in [-0.2, -0.15) is 0 Å². The van der Waals surface area contributed by atoms with E-state index in [0.29, 0.717) is 5.75 Å². The summed E-state index contributed by atoms with van der Waals surface area (Å²) >= 11 is 0. The van der Waals surface area contributed by atoms with Gasteiger partial charge in [0.1, 0.15) is 0 Å². The Labute approximate surface area is 76.3 Å². The van der Waals surface area contributed by atoms with Crippen LogP contribution in [0.5, 0.6) is 0 Å². The molecule has 0 aliphatic heterocycles. The monoisotopic (exact) mass is 191 g/mol. The molecule has 0 radical (unpaired) electrons. The molecule has 0 rings (SSSR count). The summed E-state index contributed by atoms with van der Waals surface area (Å²) in [7, 11) is 2.74. The average Bonchev–Trinajstić information content (AvgIpc) is 1.98. The summed E-state index contributed by atoms with van der Waals surface area (Å²) in [6.45, 7) is 1.98. The molecule has 0 aromatic heterocycles. The van der Waals surface area contributed by atoms with Crippen molar-refractivity contribution in [3.05, 3.63) is 0 Å². The van der Waals surface area contributed by atoms with E-state index >= 15 is 0 Å². The quantitative estimate of drug-likeness (QED) is 0.469. The van der Waals surface area contributed by atoms with Crippen LogP contribution in [0.15, 0.2) is 4.99 Å². The number of hydrogen-bond donors (Lipinski definition) is 2. The van der Waals surface area contributed by atoms with Crippen LogP contribution in [-0.4, -0.2) is 42.3 Å². The first-order chi connectivity index (χ1) is 5.60. The summed E-state index contributed by atoms with van der Waals surface area (Å²) in [5.41, 5.74) is 0. The number of aliphatic imine (C=N–C) groups is 1. The van der Waals surface area contributed by atoms with Crippen LogP contribution >= 0.6 is 0 Å². The lowest BCUT2D eigenvalue weighted by atomic mass is 10.4. The molecule has 0 saturated heterocycles. The first kappa shape index (κ1) is 11.4. The van der Waals surface area contributed by atoms with Gasteiger partial charge in [0.25, 0.3) is 0 Å². The van der Waals surface area contributed by atoms with E-state index in [1.807, 2.05) is 6.92 Å². The number of guanidine groups is 1. The van der Waals surface area contributed by atoms with Gasteiger partial charge in [-0.25, -0.2) is 0 Å². The molecule has 0 aliphatic carbocycles. The predicted octanol–water partition coefficient (Wildman–Crippen LogP) is -0.452. The number of nitrogens with one attached hydrogen (secondary N) is 2. The fraction of sp³-hybridized carbons (Fsp3) is 0.857. The summed E-state index contributed by atoms with van der Waals surface area (Å²) < 4.78 is 10.8. The first-order valence-corrected chi connectivity index (χ1v) is 5.54. The van der Waals surface area contributed by atoms with Gasteiger partial charge in [0, 0.05) is 42.9 Å². The lowest BCUT2D eigenvalue weighted by Crippen LogP contribution is -2.42. The SMILES string of the molecule is CN=C(NC)NC(C)CS(C)=O. The molecule has 0 spiro atoms. The van der Waals surface area contributed by atoms with Gasteiger partial charge < -0.3 is 10.6 Å². The second-order valence-corrected chi connectivity index (χ2v) is 4.09. The highest BCUT2D eigenvalue weighted by molar-refractivity contribution is 7.84. The number of nitrogens with zero attached hydrogens (tertiary/aromatic N) is 1. The third-order valence-corrected chi connectivity index (χ3v) is 2.30. The van der Waals surface area contributed by atoms with Crippen molar-refractivity contribution in [2.45, 2.75) is 13.0 Å². The van der Waals surface area contributed by atoms with Gasteiger partial charge in [-0.3, -0.25) is 9.20 Å². The summed E-state index contributed by atoms with van der Waals surface area (Å²) in [6, 6.07) is 0.182. The molecule has 2 unspecified atom stereocenters. The standard InChI is InChI=1S/C7H17N3OS/c1-6(5-12(4)11)10-7(8-2)9-3/h6H,5H2,1-4H3,(H2,8,9,10). The van der Waals surface area contributed by atoms with Gasteiger partial charge in [-0.05, 0) is 6.92 Å². The minimum Gasteiger partial charge on any atom is -0.359 e. The van der Waals surface area contributed by atoms with Crippen LogP contribution in [-0.2, 0) is 10.8 Å². The molecular formula is C7H17N3OS. The molecule has 4 nitrogen and oxygen atoms in total. The van der Waals surface area contributed by atoms with Crippen molar-refractivity contribution >= 4 is 16.8 Å². The van der Waals surface area contributed by atoms with E-state index in [1.165, 1.54) is 0 Å². The molecule has 2 N–H and O–H groups in total. The molecule has 72 valence electrons. The molecule has 2 atom stereocenters. The van der Waals surface area contributed by atoms with Crippen LogP contribution in [0.1, 0.15) is 6.92 Å². The molecule has 0 fully saturated rings. The van der Waals surface area contributed by atoms with Gasteiger partial charge in [0.15, 0.2) is 5.96 Å². The minimum atomic E-state index is -0.761. The highest BCUT2D eigenvalue weighted by Crippen LogP contribution is 1.84. The van der Waals surface area contributed by atoms with E-state index < -0.39 is 10.8 Å². The van der Waals surface area contributed by atoms with Crippen molar-refractivity contribution in [3.8, 4) is 0 Å². The first-order valence-electron chi connectivity index (χ1n) is 3.81. The smallest absolute Gasteiger partial charge is 0.190 e. The number of hydrogen-bond acceptors (Lipinski definition) is 2. The Morgan fingerprint density at radius 2 is 2.25 bits per heavy atom. The van der Waals surface area contributed by atoms with Crippen LogP contribution in [0.25, 0.3) is 0 Å². The third kappa shape index (κ3) is 5.12. The zero-order valence-electron chi connectivity index (χ0n) is 8.05. The van der Waals surface area contributed by atoms with Crippen molar-refractivity contribution in [1.82, 2.24) is 10.6 Å². The highest BCUT2D eigenvalue weighted by atomic mass is 32.2. The van der Waals surface area contributed by atoms with Crippen LogP contribution in [0.2, 0.25) is 0 Å². The lowest BCUT2D eigenvalue weighted by molar-refractivity contribution is 0.668. The molecule has 5 heteroatoms. The Morgan fingerprint density at radius 3 is 2.58 bits per heavy atom. The van der Waals surface area contributed by atoms with Gasteiger partial charge in [-0.15, -0.1) is 0 Å². The average molecular weight is 191 g/mol. The van der Waals surface area contributed by atoms with Gasteiger partial charge in [0.2, 0.25) is 0 Å². The fourth-order valence-corrected chi connectivity index (χ4v) is 1.66. The van der Waals surface area contributed by atoms with E-state index in [4.69, 9.17) is 0 Å². The second kappa shape index (κ2) is 5.99. The third-order valence-electron chi connectivity index (χ3n) is 1.33. The van der Waals surface area contributed by atoms with Crippen LogP contribution in [0.3, 0.4) is 0 Å². The largest absolute Gasteiger partial charge is 0.359 e. The molecule has 0 saturated carbocycles. The van der Waals surface area contributed by atoms with Crippen LogP contribution in [0.4, 0.5) is 0 Å². The van der Waals surface area contributed by atoms with Crippen molar-refractivity contribution in [2.24, 2.45) is 4.99 Å². The van der Waals surface area contributed by atoms with E-state index in [0.717, 1.165) is 5.96 Å². The van der Waals surface area contributed by atoms with Crippen LogP contribution in [0, 0.1) is 0 Å². The molecule has 0 heterocycles. The van der Waals surface area contributed by atoms with Crippen molar-refractivity contribution in [3.63, 3.8) is 0 Å². The Bertz CT molecular complexity index is 181. The summed E-state index contributed by atoms with van der Waals surface area (Å²) in [5, 5.41) is 5.99. The van der Waals surface area contributed by atoms with E-state index in [2.05, 4.69) is 15.6 Å². The molecule has 0 aliphatic rings. The zero-order chi connectivity index (χ0) is 9.56. The Hall–Kier alpha value is -0.580. The Morgan fingerprint density at radius 1 is 1.67 bits per heavy atom. The molecule has 0 amide bonds. The van der Waals surface area contributed by atoms with E-state index in [9.17, 15) is 4.21 Å². The summed E-state index contributed by atoms with van der Waals surface area (Å²) in [4.78, 5) is 3.95. The maximum Gasteiger partial charge on any atom is 0.190 e. The fourth-order valence-electron chi connectivity index (χ4n) is 0.876.